The Kier molecular flexibility index (Phi) is 6.31. The lowest BCUT2D eigenvalue weighted by Gasteiger charge is -2.24. The molecule has 0 aliphatic rings. The number of nitrogens with two attached hydrogens (primary N) is 1. The number of carbonyl (C=O) groups is 1. The smallest absolute Gasteiger partial charge is 0.304 e. The van der Waals surface area contributed by atoms with Crippen molar-refractivity contribution in [2.75, 3.05) is 25.9 Å². The van der Waals surface area contributed by atoms with Crippen LogP contribution in [0.3, 0.4) is 0 Å². The van der Waals surface area contributed by atoms with Crippen molar-refractivity contribution in [3.63, 3.8) is 0 Å². The summed E-state index contributed by atoms with van der Waals surface area (Å²) < 4.78 is 5.41. The Morgan fingerprint density at radius 2 is 2.20 bits per heavy atom. The SMILES string of the molecule is CCOc1ccc(CC(C)N(C)CCC(=O)O)cc1N. The third-order valence-electron chi connectivity index (χ3n) is 3.34. The normalized spacial score (nSPS) is 12.4. The van der Waals surface area contributed by atoms with Gasteiger partial charge in [-0.3, -0.25) is 4.79 Å². The molecule has 0 saturated heterocycles. The lowest BCUT2D eigenvalue weighted by atomic mass is 10.0. The van der Waals surface area contributed by atoms with Gasteiger partial charge in [-0.1, -0.05) is 6.07 Å². The Hall–Kier alpha value is -1.75. The second kappa shape index (κ2) is 7.75. The summed E-state index contributed by atoms with van der Waals surface area (Å²) in [6.07, 6.45) is 0.985. The van der Waals surface area contributed by atoms with Crippen LogP contribution in [-0.4, -0.2) is 42.2 Å². The largest absolute Gasteiger partial charge is 0.492 e. The first kappa shape index (κ1) is 16.3. The minimum atomic E-state index is -0.769. The summed E-state index contributed by atoms with van der Waals surface area (Å²) in [6.45, 7) is 5.14. The molecule has 0 aliphatic carbocycles. The van der Waals surface area contributed by atoms with Crippen LogP contribution in [-0.2, 0) is 11.2 Å². The van der Waals surface area contributed by atoms with Gasteiger partial charge in [-0.05, 0) is 45.0 Å². The fourth-order valence-corrected chi connectivity index (χ4v) is 2.00. The van der Waals surface area contributed by atoms with E-state index in [0.29, 0.717) is 24.6 Å². The minimum absolute atomic E-state index is 0.159. The van der Waals surface area contributed by atoms with Crippen molar-refractivity contribution < 1.29 is 14.6 Å². The van der Waals surface area contributed by atoms with E-state index in [1.54, 1.807) is 0 Å². The standard InChI is InChI=1S/C15H24N2O3/c1-4-20-14-6-5-12(10-13(14)16)9-11(2)17(3)8-7-15(18)19/h5-6,10-11H,4,7-9,16H2,1-3H3,(H,18,19). The van der Waals surface area contributed by atoms with Gasteiger partial charge >= 0.3 is 5.97 Å². The molecule has 1 atom stereocenters. The zero-order chi connectivity index (χ0) is 15.1. The van der Waals surface area contributed by atoms with Crippen molar-refractivity contribution in [1.82, 2.24) is 4.90 Å². The van der Waals surface area contributed by atoms with Gasteiger partial charge in [0.2, 0.25) is 0 Å². The molecule has 0 aromatic heterocycles. The first-order valence-electron chi connectivity index (χ1n) is 6.87. The number of aliphatic carboxylic acids is 1. The minimum Gasteiger partial charge on any atom is -0.492 e. The van der Waals surface area contributed by atoms with Gasteiger partial charge in [-0.2, -0.15) is 0 Å². The molecule has 0 amide bonds. The van der Waals surface area contributed by atoms with Gasteiger partial charge in [0.25, 0.3) is 0 Å². The van der Waals surface area contributed by atoms with Crippen LogP contribution >= 0.6 is 0 Å². The van der Waals surface area contributed by atoms with Gasteiger partial charge in [0.05, 0.1) is 18.7 Å². The number of hydrogen-bond donors (Lipinski definition) is 2. The number of rotatable bonds is 8. The second-order valence-corrected chi connectivity index (χ2v) is 4.98. The van der Waals surface area contributed by atoms with E-state index in [1.165, 1.54) is 0 Å². The molecule has 5 heteroatoms. The van der Waals surface area contributed by atoms with Gasteiger partial charge in [-0.25, -0.2) is 0 Å². The monoisotopic (exact) mass is 280 g/mol. The summed E-state index contributed by atoms with van der Waals surface area (Å²) >= 11 is 0. The lowest BCUT2D eigenvalue weighted by Crippen LogP contribution is -2.32. The molecule has 0 spiro atoms. The zero-order valence-corrected chi connectivity index (χ0v) is 12.4. The van der Waals surface area contributed by atoms with E-state index in [0.717, 1.165) is 12.0 Å². The number of ether oxygens (including phenoxy) is 1. The van der Waals surface area contributed by atoms with Gasteiger partial charge in [0, 0.05) is 12.6 Å². The number of carboxylic acids is 1. The molecule has 1 unspecified atom stereocenters. The molecule has 0 saturated carbocycles. The van der Waals surface area contributed by atoms with Crippen molar-refractivity contribution >= 4 is 11.7 Å². The average Bonchev–Trinajstić information content (AvgIpc) is 2.39. The first-order chi connectivity index (χ1) is 9.43. The van der Waals surface area contributed by atoms with E-state index in [2.05, 4.69) is 6.92 Å². The van der Waals surface area contributed by atoms with Gasteiger partial charge in [0.1, 0.15) is 5.75 Å². The molecule has 0 fully saturated rings. The van der Waals surface area contributed by atoms with E-state index >= 15 is 0 Å². The van der Waals surface area contributed by atoms with E-state index in [4.69, 9.17) is 15.6 Å². The van der Waals surface area contributed by atoms with Crippen LogP contribution in [0.15, 0.2) is 18.2 Å². The van der Waals surface area contributed by atoms with Crippen LogP contribution < -0.4 is 10.5 Å². The molecular formula is C15H24N2O3. The molecule has 1 rings (SSSR count). The topological polar surface area (TPSA) is 75.8 Å². The summed E-state index contributed by atoms with van der Waals surface area (Å²) in [6, 6.07) is 6.07. The molecule has 5 nitrogen and oxygen atoms in total. The Morgan fingerprint density at radius 3 is 2.75 bits per heavy atom. The molecule has 20 heavy (non-hydrogen) atoms. The second-order valence-electron chi connectivity index (χ2n) is 4.98. The maximum Gasteiger partial charge on any atom is 0.304 e. The quantitative estimate of drug-likeness (QED) is 0.712. The average molecular weight is 280 g/mol. The maximum absolute atomic E-state index is 10.6. The van der Waals surface area contributed by atoms with Crippen LogP contribution in [0.4, 0.5) is 5.69 Å². The third kappa shape index (κ3) is 5.09. The summed E-state index contributed by atoms with van der Waals surface area (Å²) in [4.78, 5) is 12.6. The van der Waals surface area contributed by atoms with Crippen molar-refractivity contribution in [2.45, 2.75) is 32.7 Å². The lowest BCUT2D eigenvalue weighted by molar-refractivity contribution is -0.137. The predicted octanol–water partition coefficient (Wildman–Crippen LogP) is 2.00. The Labute approximate surface area is 120 Å². The molecule has 1 aromatic carbocycles. The van der Waals surface area contributed by atoms with Gasteiger partial charge < -0.3 is 20.5 Å². The van der Waals surface area contributed by atoms with Crippen molar-refractivity contribution in [3.8, 4) is 5.75 Å². The highest BCUT2D eigenvalue weighted by Gasteiger charge is 2.12. The van der Waals surface area contributed by atoms with Gasteiger partial charge in [0.15, 0.2) is 0 Å². The molecule has 0 aliphatic heterocycles. The van der Waals surface area contributed by atoms with Crippen LogP contribution in [0.25, 0.3) is 0 Å². The van der Waals surface area contributed by atoms with Crippen molar-refractivity contribution in [3.05, 3.63) is 23.8 Å². The summed E-state index contributed by atoms with van der Waals surface area (Å²) in [5.74, 6) is -0.0579. The molecule has 0 bridgehead atoms. The number of nitrogens with zero attached hydrogens (tertiary/aromatic N) is 1. The molecule has 112 valence electrons. The Bertz CT molecular complexity index is 449. The zero-order valence-electron chi connectivity index (χ0n) is 12.4. The highest BCUT2D eigenvalue weighted by Crippen LogP contribution is 2.23. The van der Waals surface area contributed by atoms with Crippen LogP contribution in [0.5, 0.6) is 5.75 Å². The van der Waals surface area contributed by atoms with Crippen LogP contribution in [0.2, 0.25) is 0 Å². The summed E-state index contributed by atoms with van der Waals surface area (Å²) in [5, 5.41) is 8.69. The first-order valence-corrected chi connectivity index (χ1v) is 6.87. The highest BCUT2D eigenvalue weighted by atomic mass is 16.5. The van der Waals surface area contributed by atoms with Crippen molar-refractivity contribution in [2.24, 2.45) is 0 Å². The van der Waals surface area contributed by atoms with E-state index in [9.17, 15) is 4.79 Å². The van der Waals surface area contributed by atoms with E-state index in [1.807, 2.05) is 37.1 Å². The number of likely N-dealkylation sites (N-methyl/N-ethyl adjacent to an activating group) is 1. The highest BCUT2D eigenvalue weighted by molar-refractivity contribution is 5.66. The van der Waals surface area contributed by atoms with Crippen LogP contribution in [0.1, 0.15) is 25.8 Å². The third-order valence-corrected chi connectivity index (χ3v) is 3.34. The molecule has 3 N–H and O–H groups in total. The fraction of sp³-hybridized carbons (Fsp3) is 0.533. The fourth-order valence-electron chi connectivity index (χ4n) is 2.00. The van der Waals surface area contributed by atoms with E-state index in [-0.39, 0.29) is 12.5 Å². The number of benzene rings is 1. The molecular weight excluding hydrogens is 256 g/mol. The molecule has 0 radical (unpaired) electrons. The number of anilines is 1. The summed E-state index contributed by atoms with van der Waals surface area (Å²) in [5.41, 5.74) is 7.71. The predicted molar refractivity (Wildman–Crippen MR) is 80.1 cm³/mol. The molecule has 0 heterocycles. The Morgan fingerprint density at radius 1 is 1.50 bits per heavy atom. The van der Waals surface area contributed by atoms with Gasteiger partial charge in [-0.15, -0.1) is 0 Å². The van der Waals surface area contributed by atoms with Crippen LogP contribution in [0, 0.1) is 0 Å². The van der Waals surface area contributed by atoms with E-state index < -0.39 is 5.97 Å². The Balaban J connectivity index is 2.59. The molecule has 1 aromatic rings. The maximum atomic E-state index is 10.6. The van der Waals surface area contributed by atoms with Crippen molar-refractivity contribution in [1.29, 1.82) is 0 Å². The summed E-state index contributed by atoms with van der Waals surface area (Å²) in [7, 11) is 1.94. The number of nitrogen functional groups attached to an aromatic ring is 1. The number of hydrogen-bond acceptors (Lipinski definition) is 4. The number of carboxylic acid groups (broad SMARTS) is 1.